The topological polar surface area (TPSA) is 385 Å². The second-order valence-electron chi connectivity index (χ2n) is 2.80. The number of hydrogen-bond donors (Lipinski definition) is 13. The van der Waals surface area contributed by atoms with Gasteiger partial charge < -0.3 is 68.6 Å². The van der Waals surface area contributed by atoms with Gasteiger partial charge in [0, 0.05) is 64.5 Å². The van der Waals surface area contributed by atoms with Crippen LogP contribution in [0.2, 0.25) is 0 Å². The first-order chi connectivity index (χ1) is 12.5. The largest absolute Gasteiger partial charge is 0.618 e. The summed E-state index contributed by atoms with van der Waals surface area (Å²) in [5, 5.41) is 80.6. The zero-order valence-electron chi connectivity index (χ0n) is 15.5. The zero-order chi connectivity index (χ0) is 23.9. The number of pyridine rings is 1. The molecule has 16 N–H and O–H groups in total. The minimum atomic E-state index is -1.83. The fourth-order valence-corrected chi connectivity index (χ4v) is 0.572. The van der Waals surface area contributed by atoms with E-state index in [1.54, 1.807) is 18.2 Å². The van der Waals surface area contributed by atoms with Gasteiger partial charge >= 0.3 is 60.3 Å². The minimum Gasteiger partial charge on any atom is -0.618 e. The number of thiol groups is 1. The molecule has 0 fully saturated rings. The van der Waals surface area contributed by atoms with Crippen molar-refractivity contribution in [2.24, 2.45) is 0 Å². The van der Waals surface area contributed by atoms with Gasteiger partial charge in [-0.15, -0.1) is 0 Å². The van der Waals surface area contributed by atoms with E-state index >= 15 is 0 Å². The van der Waals surface area contributed by atoms with E-state index in [0.717, 1.165) is 0 Å². The molecule has 0 saturated heterocycles. The molecule has 188 valence electrons. The summed E-state index contributed by atoms with van der Waals surface area (Å²) in [4.78, 5) is 42.8. The van der Waals surface area contributed by atoms with Gasteiger partial charge in [-0.1, -0.05) is 12.6 Å². The Balaban J connectivity index is -0.0000000241. The van der Waals surface area contributed by atoms with Crippen LogP contribution in [0.4, 0.5) is 24.0 Å². The van der Waals surface area contributed by atoms with Crippen LogP contribution < -0.4 is 17.0 Å². The predicted octanol–water partition coefficient (Wildman–Crippen LogP) is 1.39. The van der Waals surface area contributed by atoms with Gasteiger partial charge in [0.2, 0.25) is 5.03 Å². The zero-order valence-corrected chi connectivity index (χ0v) is 21.4. The molecule has 0 atom stereocenters. The van der Waals surface area contributed by atoms with E-state index in [2.05, 4.69) is 12.6 Å². The maximum absolute atomic E-state index is 10.5. The Hall–Kier alpha value is -1.66. The molecule has 23 heteroatoms. The molecule has 0 saturated carbocycles. The van der Waals surface area contributed by atoms with Crippen molar-refractivity contribution in [2.75, 3.05) is 0 Å². The van der Waals surface area contributed by atoms with Crippen LogP contribution in [0.3, 0.4) is 0 Å². The molecule has 0 aromatic carbocycles. The molecule has 19 nitrogen and oxygen atoms in total. The van der Waals surface area contributed by atoms with Gasteiger partial charge in [0.25, 0.3) is 0 Å². The molecule has 0 aliphatic rings. The molecule has 1 aromatic heterocycles. The summed E-state index contributed by atoms with van der Waals surface area (Å²) in [5.41, 5.74) is 0. The van der Waals surface area contributed by atoms with Crippen molar-refractivity contribution in [3.05, 3.63) is 29.6 Å². The summed E-state index contributed by atoms with van der Waals surface area (Å²) in [6, 6.07) is 5.06. The molecule has 1 heterocycles. The van der Waals surface area contributed by atoms with E-state index in [0.29, 0.717) is 9.76 Å². The van der Waals surface area contributed by atoms with Crippen LogP contribution in [0.25, 0.3) is 0 Å². The minimum absolute atomic E-state index is 0. The van der Waals surface area contributed by atoms with Gasteiger partial charge in [0.15, 0.2) is 6.20 Å². The fourth-order valence-electron chi connectivity index (χ4n) is 0.419. The van der Waals surface area contributed by atoms with Crippen LogP contribution in [-0.4, -0.2) is 111 Å². The number of carboxylic acid groups (broad SMARTS) is 10. The second-order valence-corrected chi connectivity index (χ2v) is 3.26. The molecule has 33 heavy (non-hydrogen) atoms. The van der Waals surface area contributed by atoms with E-state index in [1.165, 1.54) is 6.20 Å². The number of hydrogen-bond acceptors (Lipinski definition) is 9. The maximum atomic E-state index is 10.5. The van der Waals surface area contributed by atoms with Gasteiger partial charge in [-0.3, -0.25) is 0 Å². The first-order valence-corrected chi connectivity index (χ1v) is 5.88. The summed E-state index contributed by atoms with van der Waals surface area (Å²) >= 11 is 3.85. The normalized spacial score (nSPS) is 5.85. The van der Waals surface area contributed by atoms with Gasteiger partial charge in [0.05, 0.1) is 0 Å². The van der Waals surface area contributed by atoms with Gasteiger partial charge in [-0.25, -0.2) is 24.0 Å². The maximum Gasteiger partial charge on any atom is 0.248 e. The second kappa shape index (κ2) is 47.9. The third kappa shape index (κ3) is 279. The molecule has 0 radical (unpaired) electrons. The first-order valence-electron chi connectivity index (χ1n) is 5.43. The predicted molar refractivity (Wildman–Crippen MR) is 103 cm³/mol. The Morgan fingerprint density at radius 1 is 0.636 bits per heavy atom. The quantitative estimate of drug-likeness (QED) is 0.0797. The number of rotatable bonds is 0. The summed E-state index contributed by atoms with van der Waals surface area (Å²) in [6.45, 7) is 0. The smallest absolute Gasteiger partial charge is 0.248 e. The average molecular weight is 678 g/mol. The van der Waals surface area contributed by atoms with Crippen molar-refractivity contribution in [3.63, 3.8) is 0 Å². The van der Waals surface area contributed by atoms with E-state index in [1.807, 2.05) is 0 Å². The Morgan fingerprint density at radius 2 is 0.818 bits per heavy atom. The van der Waals surface area contributed by atoms with Crippen LogP contribution in [-0.2, 0) is 52.4 Å². The van der Waals surface area contributed by atoms with Gasteiger partial charge in [0.1, 0.15) is 0 Å². The number of nitrogens with zero attached hydrogens (tertiary/aromatic N) is 1. The Kier molecular flexibility index (Phi) is 92.0. The number of carbonyl (C=O) groups is 5. The van der Waals surface area contributed by atoms with Crippen LogP contribution in [0.1, 0.15) is 0 Å². The van der Waals surface area contributed by atoms with E-state index in [9.17, 15) is 5.21 Å². The fraction of sp³-hybridized carbons (Fsp3) is 0. The van der Waals surface area contributed by atoms with Crippen LogP contribution >= 0.6 is 12.6 Å². The summed E-state index contributed by atoms with van der Waals surface area (Å²) in [6.07, 6.45) is -7.76. The molecule has 0 aliphatic heterocycles. The molecule has 0 bridgehead atoms. The van der Waals surface area contributed by atoms with E-state index in [4.69, 9.17) is 75.0 Å². The monoisotopic (exact) mass is 675 g/mol. The molecule has 1 aromatic rings. The van der Waals surface area contributed by atoms with Crippen molar-refractivity contribution in [1.29, 1.82) is 0 Å². The van der Waals surface area contributed by atoms with Crippen LogP contribution in [0.5, 0.6) is 0 Å². The first kappa shape index (κ1) is 63.3. The van der Waals surface area contributed by atoms with Crippen molar-refractivity contribution in [1.82, 2.24) is 12.3 Å². The van der Waals surface area contributed by atoms with Crippen molar-refractivity contribution in [3.8, 4) is 0 Å². The molecule has 0 unspecified atom stereocenters. The molecular weight excluding hydrogens is 656 g/mol. The van der Waals surface area contributed by atoms with E-state index < -0.39 is 30.8 Å². The molecule has 0 amide bonds. The van der Waals surface area contributed by atoms with Crippen molar-refractivity contribution >= 4 is 73.0 Å². The summed E-state index contributed by atoms with van der Waals surface area (Å²) in [5.74, 6) is 0. The van der Waals surface area contributed by atoms with Crippen molar-refractivity contribution in [2.45, 2.75) is 5.03 Å². The molecule has 1 rings (SSSR count). The standard InChI is InChI=1S/C5H5NOS.5CH2O3.2H3N.Na.2Zr.H/c7-6-4-2-1-3-5(6)8;5*2-1(3)4;;;;;;/h1-4,8H;5*(H2,2,3,4);2*1H3;;;;. The van der Waals surface area contributed by atoms with Crippen molar-refractivity contribution < 1.29 is 132 Å². The summed E-state index contributed by atoms with van der Waals surface area (Å²) < 4.78 is 0.698. The number of aromatic nitrogens is 1. The molecule has 0 spiro atoms. The Labute approximate surface area is 250 Å². The van der Waals surface area contributed by atoms with Crippen LogP contribution in [0, 0.1) is 5.21 Å². The van der Waals surface area contributed by atoms with Gasteiger partial charge in [-0.2, -0.15) is 4.73 Å². The SMILES string of the molecule is N.N.O=C(O)O.O=C(O)O.O=C(O)O.O=C(O)O.O=C(O)O.[NaH].[O-][n+]1ccccc1S.[Zr].[Zr]. The van der Waals surface area contributed by atoms with Crippen LogP contribution in [0.15, 0.2) is 29.4 Å². The van der Waals surface area contributed by atoms with E-state index in [-0.39, 0.29) is 94.3 Å². The third-order valence-electron chi connectivity index (χ3n) is 0.804. The Bertz CT molecular complexity index is 505. The molecule has 0 aliphatic carbocycles. The summed E-state index contributed by atoms with van der Waals surface area (Å²) in [7, 11) is 0. The average Bonchev–Trinajstić information content (AvgIpc) is 2.39. The third-order valence-corrected chi connectivity index (χ3v) is 1.15. The molecular formula is C10H22N3NaO16SZr2. The van der Waals surface area contributed by atoms with Gasteiger partial charge in [-0.05, 0) is 6.07 Å². The Morgan fingerprint density at radius 3 is 0.909 bits per heavy atom.